The molecule has 1 aliphatic rings. The van der Waals surface area contributed by atoms with Crippen molar-refractivity contribution in [3.8, 4) is 0 Å². The molecule has 0 radical (unpaired) electrons. The highest BCUT2D eigenvalue weighted by molar-refractivity contribution is 6.64. The van der Waals surface area contributed by atoms with Crippen molar-refractivity contribution in [1.29, 1.82) is 0 Å². The van der Waals surface area contributed by atoms with Crippen molar-refractivity contribution in [3.63, 3.8) is 0 Å². The fraction of sp³-hybridized carbons (Fsp3) is 0.375. The molecule has 0 aromatic carbocycles. The van der Waals surface area contributed by atoms with Gasteiger partial charge in [-0.05, 0) is 17.7 Å². The number of carbonyl (C=O) groups is 1. The van der Waals surface area contributed by atoms with Crippen LogP contribution in [0.2, 0.25) is 0 Å². The standard InChI is InChI=1S/C8H5ClF4O/c9-6(14)5-3-1-2-4-7(5,10)8(11,12)13/h1-5H. The lowest BCUT2D eigenvalue weighted by molar-refractivity contribution is -0.222. The highest BCUT2D eigenvalue weighted by atomic mass is 35.5. The van der Waals surface area contributed by atoms with Crippen molar-refractivity contribution in [2.75, 3.05) is 0 Å². The molecule has 14 heavy (non-hydrogen) atoms. The molecule has 0 heterocycles. The largest absolute Gasteiger partial charge is 0.427 e. The Hall–Kier alpha value is -0.840. The number of carbonyl (C=O) groups excluding carboxylic acids is 1. The van der Waals surface area contributed by atoms with Gasteiger partial charge in [0.25, 0.3) is 0 Å². The Labute approximate surface area is 82.0 Å². The first-order valence-electron chi connectivity index (χ1n) is 3.60. The van der Waals surface area contributed by atoms with Crippen LogP contribution in [-0.2, 0) is 4.79 Å². The van der Waals surface area contributed by atoms with E-state index in [-0.39, 0.29) is 6.08 Å². The maximum Gasteiger partial charge on any atom is 0.427 e. The number of hydrogen-bond acceptors (Lipinski definition) is 1. The zero-order chi connectivity index (χ0) is 11.0. The van der Waals surface area contributed by atoms with Crippen LogP contribution >= 0.6 is 11.6 Å². The molecular weight excluding hydrogens is 224 g/mol. The van der Waals surface area contributed by atoms with E-state index in [2.05, 4.69) is 0 Å². The van der Waals surface area contributed by atoms with E-state index >= 15 is 0 Å². The second kappa shape index (κ2) is 3.38. The summed E-state index contributed by atoms with van der Waals surface area (Å²) in [7, 11) is 0. The van der Waals surface area contributed by atoms with Crippen LogP contribution in [-0.4, -0.2) is 17.1 Å². The van der Waals surface area contributed by atoms with Crippen LogP contribution in [0, 0.1) is 5.92 Å². The second-order valence-electron chi connectivity index (χ2n) is 2.79. The molecule has 1 rings (SSSR count). The number of halogens is 5. The van der Waals surface area contributed by atoms with Gasteiger partial charge >= 0.3 is 6.18 Å². The maximum atomic E-state index is 13.4. The van der Waals surface area contributed by atoms with Gasteiger partial charge in [0, 0.05) is 0 Å². The van der Waals surface area contributed by atoms with Gasteiger partial charge in [0.05, 0.1) is 5.92 Å². The van der Waals surface area contributed by atoms with Gasteiger partial charge in [-0.1, -0.05) is 18.2 Å². The first-order valence-corrected chi connectivity index (χ1v) is 3.98. The normalized spacial score (nSPS) is 31.9. The van der Waals surface area contributed by atoms with E-state index in [1.54, 1.807) is 0 Å². The summed E-state index contributed by atoms with van der Waals surface area (Å²) in [6.45, 7) is 0. The minimum absolute atomic E-state index is 0.290. The highest BCUT2D eigenvalue weighted by Crippen LogP contribution is 2.43. The Balaban J connectivity index is 3.13. The summed E-state index contributed by atoms with van der Waals surface area (Å²) in [6, 6.07) is 0. The summed E-state index contributed by atoms with van der Waals surface area (Å²) >= 11 is 4.88. The van der Waals surface area contributed by atoms with Crippen molar-refractivity contribution >= 4 is 16.8 Å². The second-order valence-corrected chi connectivity index (χ2v) is 3.16. The summed E-state index contributed by atoms with van der Waals surface area (Å²) in [6.07, 6.45) is -2.03. The molecule has 0 N–H and O–H groups in total. The van der Waals surface area contributed by atoms with E-state index in [9.17, 15) is 22.4 Å². The fourth-order valence-electron chi connectivity index (χ4n) is 1.13. The van der Waals surface area contributed by atoms with Gasteiger partial charge in [0.1, 0.15) is 0 Å². The SMILES string of the molecule is O=C(Cl)C1C=CC=CC1(F)C(F)(F)F. The van der Waals surface area contributed by atoms with Crippen LogP contribution < -0.4 is 0 Å². The van der Waals surface area contributed by atoms with Gasteiger partial charge in [-0.25, -0.2) is 4.39 Å². The molecule has 0 aromatic heterocycles. The van der Waals surface area contributed by atoms with E-state index in [0.29, 0.717) is 0 Å². The third-order valence-corrected chi connectivity index (χ3v) is 2.12. The quantitative estimate of drug-likeness (QED) is 0.498. The van der Waals surface area contributed by atoms with E-state index in [0.717, 1.165) is 18.2 Å². The average molecular weight is 229 g/mol. The number of rotatable bonds is 1. The molecule has 1 nitrogen and oxygen atoms in total. The summed E-state index contributed by atoms with van der Waals surface area (Å²) in [5.74, 6) is -2.01. The lowest BCUT2D eigenvalue weighted by Gasteiger charge is -2.30. The third-order valence-electron chi connectivity index (χ3n) is 1.89. The van der Waals surface area contributed by atoms with Gasteiger partial charge in [0.15, 0.2) is 0 Å². The van der Waals surface area contributed by atoms with Crippen LogP contribution in [0.25, 0.3) is 0 Å². The molecule has 0 spiro atoms. The molecular formula is C8H5ClF4O. The first-order chi connectivity index (χ1) is 6.29. The molecule has 0 bridgehead atoms. The minimum atomic E-state index is -5.15. The van der Waals surface area contributed by atoms with Crippen molar-refractivity contribution in [2.45, 2.75) is 11.8 Å². The number of hydrogen-bond donors (Lipinski definition) is 0. The van der Waals surface area contributed by atoms with E-state index in [1.807, 2.05) is 0 Å². The topological polar surface area (TPSA) is 17.1 Å². The number of allylic oxidation sites excluding steroid dienone is 4. The van der Waals surface area contributed by atoms with E-state index in [1.165, 1.54) is 0 Å². The molecule has 0 aromatic rings. The van der Waals surface area contributed by atoms with Crippen LogP contribution in [0.3, 0.4) is 0 Å². The zero-order valence-electron chi connectivity index (χ0n) is 6.68. The Kier molecular flexibility index (Phi) is 2.71. The molecule has 0 saturated heterocycles. The van der Waals surface area contributed by atoms with Crippen molar-refractivity contribution in [1.82, 2.24) is 0 Å². The highest BCUT2D eigenvalue weighted by Gasteiger charge is 2.60. The fourth-order valence-corrected chi connectivity index (χ4v) is 1.36. The van der Waals surface area contributed by atoms with Crippen molar-refractivity contribution < 1.29 is 22.4 Å². The zero-order valence-corrected chi connectivity index (χ0v) is 7.44. The number of alkyl halides is 4. The molecule has 0 amide bonds. The Morgan fingerprint density at radius 3 is 2.29 bits per heavy atom. The van der Waals surface area contributed by atoms with Gasteiger partial charge in [-0.2, -0.15) is 13.2 Å². The molecule has 6 heteroatoms. The van der Waals surface area contributed by atoms with Crippen LogP contribution in [0.15, 0.2) is 24.3 Å². The predicted molar refractivity (Wildman–Crippen MR) is 42.5 cm³/mol. The summed E-state index contributed by atoms with van der Waals surface area (Å²) in [5.41, 5.74) is -3.69. The molecule has 0 fully saturated rings. The molecule has 78 valence electrons. The van der Waals surface area contributed by atoms with Crippen molar-refractivity contribution in [3.05, 3.63) is 24.3 Å². The van der Waals surface area contributed by atoms with Crippen molar-refractivity contribution in [2.24, 2.45) is 5.92 Å². The molecule has 2 unspecified atom stereocenters. The van der Waals surface area contributed by atoms with Gasteiger partial charge in [0.2, 0.25) is 10.9 Å². The minimum Gasteiger partial charge on any atom is -0.281 e. The Morgan fingerprint density at radius 1 is 1.36 bits per heavy atom. The average Bonchev–Trinajstić information content (AvgIpc) is 2.02. The van der Waals surface area contributed by atoms with E-state index in [4.69, 9.17) is 11.6 Å². The Morgan fingerprint density at radius 2 is 1.93 bits per heavy atom. The first kappa shape index (κ1) is 11.2. The Bertz CT molecular complexity index is 307. The third kappa shape index (κ3) is 1.68. The van der Waals surface area contributed by atoms with E-state index < -0.39 is 23.0 Å². The molecule has 1 aliphatic carbocycles. The van der Waals surface area contributed by atoms with Crippen LogP contribution in [0.5, 0.6) is 0 Å². The summed E-state index contributed by atoms with van der Waals surface area (Å²) in [5, 5.41) is -1.37. The molecule has 0 aliphatic heterocycles. The predicted octanol–water partition coefficient (Wildman–Crippen LogP) is 2.76. The van der Waals surface area contributed by atoms with Crippen LogP contribution in [0.1, 0.15) is 0 Å². The summed E-state index contributed by atoms with van der Waals surface area (Å²) < 4.78 is 50.2. The monoisotopic (exact) mass is 228 g/mol. The van der Waals surface area contributed by atoms with Gasteiger partial charge in [-0.15, -0.1) is 0 Å². The molecule has 2 atom stereocenters. The molecule has 0 saturated carbocycles. The summed E-state index contributed by atoms with van der Waals surface area (Å²) in [4.78, 5) is 10.6. The lowest BCUT2D eigenvalue weighted by Crippen LogP contribution is -2.48. The smallest absolute Gasteiger partial charge is 0.281 e. The van der Waals surface area contributed by atoms with Gasteiger partial charge < -0.3 is 0 Å². The maximum absolute atomic E-state index is 13.4. The lowest BCUT2D eigenvalue weighted by atomic mass is 9.86. The van der Waals surface area contributed by atoms with Crippen LogP contribution in [0.4, 0.5) is 17.6 Å². The van der Waals surface area contributed by atoms with Gasteiger partial charge in [-0.3, -0.25) is 4.79 Å².